The second kappa shape index (κ2) is 8.85. The highest BCUT2D eigenvalue weighted by Crippen LogP contribution is 2.25. The summed E-state index contributed by atoms with van der Waals surface area (Å²) in [7, 11) is -3.85. The fraction of sp³-hybridized carbons (Fsp3) is 0.261. The molecule has 1 fully saturated rings. The highest BCUT2D eigenvalue weighted by Gasteiger charge is 2.20. The van der Waals surface area contributed by atoms with E-state index in [1.165, 1.54) is 5.56 Å². The zero-order valence-corrected chi connectivity index (χ0v) is 17.8. The predicted molar refractivity (Wildman–Crippen MR) is 117 cm³/mol. The summed E-state index contributed by atoms with van der Waals surface area (Å²) >= 11 is 0. The maximum atomic E-state index is 12.6. The Morgan fingerprint density at radius 1 is 0.967 bits per heavy atom. The maximum absolute atomic E-state index is 12.6. The molecule has 0 N–H and O–H groups in total. The molecule has 1 aliphatic rings. The second-order valence-corrected chi connectivity index (χ2v) is 9.02. The average molecular weight is 424 g/mol. The molecule has 1 aromatic heterocycles. The van der Waals surface area contributed by atoms with Crippen LogP contribution in [-0.2, 0) is 16.7 Å². The molecule has 3 aromatic rings. The minimum absolute atomic E-state index is 0.155. The number of pyridine rings is 1. The van der Waals surface area contributed by atoms with Crippen molar-refractivity contribution >= 4 is 15.8 Å². The van der Waals surface area contributed by atoms with Crippen LogP contribution in [0.4, 0.5) is 5.69 Å². The van der Waals surface area contributed by atoms with E-state index in [0.717, 1.165) is 44.0 Å². The molecule has 0 spiro atoms. The monoisotopic (exact) mass is 423 g/mol. The number of rotatable bonds is 6. The van der Waals surface area contributed by atoms with Crippen LogP contribution in [0.1, 0.15) is 11.1 Å². The van der Waals surface area contributed by atoms with Gasteiger partial charge in [-0.2, -0.15) is 8.42 Å². The van der Waals surface area contributed by atoms with Crippen molar-refractivity contribution in [2.75, 3.05) is 31.1 Å². The summed E-state index contributed by atoms with van der Waals surface area (Å²) in [5.74, 6) is 0.325. The average Bonchev–Trinajstić information content (AvgIpc) is 2.75. The van der Waals surface area contributed by atoms with Crippen molar-refractivity contribution in [1.82, 2.24) is 9.88 Å². The first-order valence-electron chi connectivity index (χ1n) is 9.97. The molecule has 2 heterocycles. The molecule has 0 bridgehead atoms. The summed E-state index contributed by atoms with van der Waals surface area (Å²) < 4.78 is 30.5. The van der Waals surface area contributed by atoms with Gasteiger partial charge in [-0.05, 0) is 42.8 Å². The lowest BCUT2D eigenvalue weighted by molar-refractivity contribution is 0.249. The van der Waals surface area contributed by atoms with Gasteiger partial charge in [-0.25, -0.2) is 0 Å². The Bertz CT molecular complexity index is 1080. The molecule has 6 nitrogen and oxygen atoms in total. The van der Waals surface area contributed by atoms with Gasteiger partial charge >= 0.3 is 10.1 Å². The number of benzene rings is 2. The molecule has 156 valence electrons. The van der Waals surface area contributed by atoms with Gasteiger partial charge in [0.1, 0.15) is 10.6 Å². The summed E-state index contributed by atoms with van der Waals surface area (Å²) in [5, 5.41) is 0. The lowest BCUT2D eigenvalue weighted by Crippen LogP contribution is -2.45. The minimum Gasteiger partial charge on any atom is -0.379 e. The third-order valence-corrected chi connectivity index (χ3v) is 6.46. The van der Waals surface area contributed by atoms with Gasteiger partial charge in [0, 0.05) is 56.9 Å². The first-order chi connectivity index (χ1) is 14.5. The Labute approximate surface area is 177 Å². The zero-order valence-electron chi connectivity index (χ0n) is 16.9. The first-order valence-corrected chi connectivity index (χ1v) is 11.4. The lowest BCUT2D eigenvalue weighted by atomic mass is 10.2. The Balaban J connectivity index is 1.39. The van der Waals surface area contributed by atoms with Crippen molar-refractivity contribution in [2.24, 2.45) is 0 Å². The molecule has 0 unspecified atom stereocenters. The van der Waals surface area contributed by atoms with Gasteiger partial charge in [-0.1, -0.05) is 29.8 Å². The fourth-order valence-electron chi connectivity index (χ4n) is 3.53. The molecule has 2 aromatic carbocycles. The molecule has 0 radical (unpaired) electrons. The highest BCUT2D eigenvalue weighted by molar-refractivity contribution is 7.87. The molecule has 1 aliphatic heterocycles. The van der Waals surface area contributed by atoms with E-state index in [1.54, 1.807) is 42.6 Å². The van der Waals surface area contributed by atoms with Crippen LogP contribution in [0, 0.1) is 6.92 Å². The van der Waals surface area contributed by atoms with E-state index in [1.807, 2.05) is 31.3 Å². The van der Waals surface area contributed by atoms with Crippen LogP contribution < -0.4 is 9.08 Å². The van der Waals surface area contributed by atoms with E-state index < -0.39 is 10.1 Å². The van der Waals surface area contributed by atoms with E-state index >= 15 is 0 Å². The van der Waals surface area contributed by atoms with Crippen molar-refractivity contribution in [3.63, 3.8) is 0 Å². The van der Waals surface area contributed by atoms with Crippen molar-refractivity contribution < 1.29 is 12.6 Å². The maximum Gasteiger partial charge on any atom is 0.339 e. The third kappa shape index (κ3) is 4.98. The lowest BCUT2D eigenvalue weighted by Gasteiger charge is -2.36. The number of hydrogen-bond donors (Lipinski definition) is 0. The van der Waals surface area contributed by atoms with Crippen LogP contribution in [0.3, 0.4) is 0 Å². The number of aromatic nitrogens is 1. The Kier molecular flexibility index (Phi) is 6.01. The number of nitrogens with zero attached hydrogens (tertiary/aromatic N) is 3. The van der Waals surface area contributed by atoms with Crippen molar-refractivity contribution in [3.05, 3.63) is 84.2 Å². The number of aryl methyl sites for hydroxylation is 1. The Morgan fingerprint density at radius 3 is 2.43 bits per heavy atom. The summed E-state index contributed by atoms with van der Waals surface area (Å²) in [6.07, 6.45) is 3.69. The van der Waals surface area contributed by atoms with Crippen molar-refractivity contribution in [2.45, 2.75) is 18.4 Å². The smallest absolute Gasteiger partial charge is 0.339 e. The number of anilines is 1. The van der Waals surface area contributed by atoms with Crippen LogP contribution in [0.25, 0.3) is 0 Å². The molecule has 30 heavy (non-hydrogen) atoms. The summed E-state index contributed by atoms with van der Waals surface area (Å²) in [6.45, 7) is 6.41. The van der Waals surface area contributed by atoms with Crippen LogP contribution in [-0.4, -0.2) is 44.5 Å². The van der Waals surface area contributed by atoms with Gasteiger partial charge in [0.2, 0.25) is 0 Å². The summed E-state index contributed by atoms with van der Waals surface area (Å²) in [6, 6.07) is 18.0. The molecular formula is C23H25N3O3S. The van der Waals surface area contributed by atoms with Crippen LogP contribution >= 0.6 is 0 Å². The van der Waals surface area contributed by atoms with Crippen LogP contribution in [0.2, 0.25) is 0 Å². The molecule has 0 amide bonds. The van der Waals surface area contributed by atoms with Gasteiger partial charge in [-0.3, -0.25) is 9.88 Å². The Morgan fingerprint density at radius 2 is 1.73 bits per heavy atom. The van der Waals surface area contributed by atoms with Crippen molar-refractivity contribution in [3.8, 4) is 5.75 Å². The fourth-order valence-corrected chi connectivity index (χ4v) is 4.45. The summed E-state index contributed by atoms with van der Waals surface area (Å²) in [5.41, 5.74) is 3.17. The topological polar surface area (TPSA) is 62.7 Å². The highest BCUT2D eigenvalue weighted by atomic mass is 32.2. The SMILES string of the molecule is Cc1ccc(S(=O)(=O)Oc2cccc(N3CCN(Cc4cccnc4)CC3)c2)cc1. The quantitative estimate of drug-likeness (QED) is 0.566. The molecule has 1 saturated heterocycles. The third-order valence-electron chi connectivity index (χ3n) is 5.20. The van der Waals surface area contributed by atoms with Gasteiger partial charge in [0.05, 0.1) is 0 Å². The molecule has 7 heteroatoms. The van der Waals surface area contributed by atoms with E-state index in [4.69, 9.17) is 4.18 Å². The minimum atomic E-state index is -3.85. The second-order valence-electron chi connectivity index (χ2n) is 7.47. The molecule has 4 rings (SSSR count). The predicted octanol–water partition coefficient (Wildman–Crippen LogP) is 3.48. The normalized spacial score (nSPS) is 15.2. The molecule has 0 atom stereocenters. The van der Waals surface area contributed by atoms with Gasteiger partial charge in [-0.15, -0.1) is 0 Å². The number of piperazine rings is 1. The van der Waals surface area contributed by atoms with E-state index in [9.17, 15) is 8.42 Å². The van der Waals surface area contributed by atoms with E-state index in [-0.39, 0.29) is 4.90 Å². The van der Waals surface area contributed by atoms with Crippen molar-refractivity contribution in [1.29, 1.82) is 0 Å². The standard InChI is InChI=1S/C23H25N3O3S/c1-19-7-9-23(10-8-19)30(27,28)29-22-6-2-5-21(16-22)26-14-12-25(13-15-26)18-20-4-3-11-24-17-20/h2-11,16-17H,12-15,18H2,1H3. The van der Waals surface area contributed by atoms with Crippen LogP contribution in [0.5, 0.6) is 5.75 Å². The zero-order chi connectivity index (χ0) is 21.0. The molecule has 0 saturated carbocycles. The largest absolute Gasteiger partial charge is 0.379 e. The van der Waals surface area contributed by atoms with Gasteiger partial charge in [0.25, 0.3) is 0 Å². The van der Waals surface area contributed by atoms with E-state index in [0.29, 0.717) is 5.75 Å². The van der Waals surface area contributed by atoms with Gasteiger partial charge < -0.3 is 9.08 Å². The number of hydrogen-bond acceptors (Lipinski definition) is 6. The van der Waals surface area contributed by atoms with E-state index in [2.05, 4.69) is 20.9 Å². The molecule has 0 aliphatic carbocycles. The first kappa shape index (κ1) is 20.4. The van der Waals surface area contributed by atoms with Crippen LogP contribution in [0.15, 0.2) is 78.0 Å². The molecular weight excluding hydrogens is 398 g/mol. The van der Waals surface area contributed by atoms with Gasteiger partial charge in [0.15, 0.2) is 0 Å². The summed E-state index contributed by atoms with van der Waals surface area (Å²) in [4.78, 5) is 8.99. The Hall–Kier alpha value is -2.90.